The van der Waals surface area contributed by atoms with E-state index in [1.807, 2.05) is 0 Å². The van der Waals surface area contributed by atoms with Gasteiger partial charge in [-0.05, 0) is 49.4 Å². The third kappa shape index (κ3) is 9.87. The fourth-order valence-corrected chi connectivity index (χ4v) is 1.45. The molecule has 0 radical (unpaired) electrons. The van der Waals surface area contributed by atoms with E-state index in [-0.39, 0.29) is 20.4 Å². The first-order valence-electron chi connectivity index (χ1n) is 9.30. The average Bonchev–Trinajstić information content (AvgIpc) is 2.83. The van der Waals surface area contributed by atoms with Crippen LogP contribution in [-0.2, 0) is 4.79 Å². The predicted octanol–water partition coefficient (Wildman–Crippen LogP) is 7.91. The third-order valence-corrected chi connectivity index (χ3v) is 3.42. The van der Waals surface area contributed by atoms with E-state index >= 15 is 0 Å². The predicted molar refractivity (Wildman–Crippen MR) is 138 cm³/mol. The molecular formula is C23H35F15N2O2. The molecule has 0 aliphatic carbocycles. The highest BCUT2D eigenvalue weighted by Gasteiger charge is 2.94. The van der Waals surface area contributed by atoms with Gasteiger partial charge in [0.05, 0.1) is 0 Å². The van der Waals surface area contributed by atoms with Gasteiger partial charge in [0.15, 0.2) is 0 Å². The summed E-state index contributed by atoms with van der Waals surface area (Å²) in [5, 5.41) is 10.2. The number of halogens is 15. The van der Waals surface area contributed by atoms with Crippen molar-refractivity contribution in [2.24, 2.45) is 0 Å². The van der Waals surface area contributed by atoms with Gasteiger partial charge in [0, 0.05) is 39.2 Å². The number of carboxylic acids is 1. The number of nitrogens with one attached hydrogen (secondary N) is 1. The van der Waals surface area contributed by atoms with Crippen molar-refractivity contribution in [1.29, 1.82) is 0 Å². The van der Waals surface area contributed by atoms with E-state index in [9.17, 15) is 70.7 Å². The van der Waals surface area contributed by atoms with E-state index in [2.05, 4.69) is 70.6 Å². The Morgan fingerprint density at radius 1 is 0.643 bits per heavy atom. The molecule has 19 heteroatoms. The van der Waals surface area contributed by atoms with E-state index in [0.717, 1.165) is 0 Å². The summed E-state index contributed by atoms with van der Waals surface area (Å²) in [6.07, 6.45) is -2.92. The second kappa shape index (κ2) is 16.7. The Hall–Kier alpha value is -4.46. The number of hydrogen-bond acceptors (Lipinski definition) is 3. The second-order valence-electron chi connectivity index (χ2n) is 6.14. The van der Waals surface area contributed by atoms with Crippen LogP contribution in [0.3, 0.4) is 0 Å². The Balaban J connectivity index is -0.0000000383. The van der Waals surface area contributed by atoms with Crippen molar-refractivity contribution >= 4 is 5.97 Å². The van der Waals surface area contributed by atoms with Gasteiger partial charge in [-0.2, -0.15) is 65.9 Å². The van der Waals surface area contributed by atoms with E-state index in [1.165, 1.54) is 0 Å². The first-order chi connectivity index (χ1) is 18.3. The summed E-state index contributed by atoms with van der Waals surface area (Å²) >= 11 is 0. The molecule has 0 spiro atoms. The molecule has 0 bridgehead atoms. The van der Waals surface area contributed by atoms with Crippen molar-refractivity contribution in [3.63, 3.8) is 0 Å². The molecule has 0 unspecified atom stereocenters. The lowest BCUT2D eigenvalue weighted by Crippen LogP contribution is -2.73. The normalized spacial score (nSPS) is 11.1. The molecule has 0 atom stereocenters. The van der Waals surface area contributed by atoms with Crippen LogP contribution in [0.1, 0.15) is 28.1 Å². The maximum atomic E-state index is 12.8. The number of hydrogen-bond donors (Lipinski definition) is 3. The summed E-state index contributed by atoms with van der Waals surface area (Å²) in [5.41, 5.74) is 0. The fourth-order valence-electron chi connectivity index (χ4n) is 1.45. The minimum Gasteiger partial charge on any atom is -0.477 e. The second-order valence-corrected chi connectivity index (χ2v) is 6.14. The minimum absolute atomic E-state index is 0. The summed E-state index contributed by atoms with van der Waals surface area (Å²) < 4.78 is 187. The molecule has 0 heterocycles. The molecule has 254 valence electrons. The maximum Gasteiger partial charge on any atom is 0.460 e. The molecule has 0 aliphatic rings. The molecule has 0 aromatic heterocycles. The third-order valence-electron chi connectivity index (χ3n) is 3.42. The van der Waals surface area contributed by atoms with Crippen LogP contribution in [0.15, 0.2) is 0 Å². The summed E-state index contributed by atoms with van der Waals surface area (Å²) in [6.45, 7) is 3.45. The van der Waals surface area contributed by atoms with Crippen LogP contribution in [0.2, 0.25) is 0 Å². The van der Waals surface area contributed by atoms with Crippen LogP contribution in [0.4, 0.5) is 65.9 Å². The Bertz CT molecular complexity index is 1310. The Labute approximate surface area is 243 Å². The summed E-state index contributed by atoms with van der Waals surface area (Å²) in [4.78, 5) is 9.72. The van der Waals surface area contributed by atoms with Crippen molar-refractivity contribution in [3.8, 4) is 71.7 Å². The first-order valence-corrected chi connectivity index (χ1v) is 9.30. The molecule has 4 nitrogen and oxygen atoms in total. The monoisotopic (exact) mass is 657 g/mol. The van der Waals surface area contributed by atoms with Gasteiger partial charge < -0.3 is 16.6 Å². The average molecular weight is 658 g/mol. The van der Waals surface area contributed by atoms with Crippen molar-refractivity contribution < 1.29 is 90.0 Å². The number of terminal acetylenes is 1. The molecule has 0 amide bonds. The lowest BCUT2D eigenvalue weighted by Gasteiger charge is -2.40. The number of carbonyl (C=O) groups is 1. The lowest BCUT2D eigenvalue weighted by molar-refractivity contribution is -0.450. The van der Waals surface area contributed by atoms with Crippen LogP contribution in [0, 0.1) is 71.7 Å². The quantitative estimate of drug-likeness (QED) is 0.154. The Kier molecular flexibility index (Phi) is 17.7. The van der Waals surface area contributed by atoms with Gasteiger partial charge in [0.25, 0.3) is 0 Å². The highest BCUT2D eigenvalue weighted by atomic mass is 19.4. The van der Waals surface area contributed by atoms with Crippen LogP contribution in [0.25, 0.3) is 0 Å². The fraction of sp³-hybridized carbons (Fsp3) is 0.435. The van der Waals surface area contributed by atoms with Crippen molar-refractivity contribution in [3.05, 3.63) is 0 Å². The highest BCUT2D eigenvalue weighted by Crippen LogP contribution is 2.62. The molecule has 0 aromatic rings. The van der Waals surface area contributed by atoms with Gasteiger partial charge >= 0.3 is 47.7 Å². The van der Waals surface area contributed by atoms with Crippen LogP contribution >= 0.6 is 0 Å². The lowest BCUT2D eigenvalue weighted by atomic mass is 9.91. The van der Waals surface area contributed by atoms with Gasteiger partial charge in [-0.3, -0.25) is 0 Å². The standard InChI is InChI=1S/C8HF15O2.C8H7N.C7H4.H3N.10H2/c9-2(10,1(24)25)3(11,12)4(13,14)5(15,16)6(17,18)7(19,20)8(21,22)23;1-3-4-5-6-7-8-9-2;1-3-5-7-6-4-2;;;;;;;;;;;/h(H,24,25);9H,1-2H3;1H,2H3;1H3;10*1H/i;;;;1+1;;;;;;;;;. The number of alkyl halides is 15. The maximum absolute atomic E-state index is 12.8. The van der Waals surface area contributed by atoms with Gasteiger partial charge in [-0.25, -0.2) is 4.79 Å². The van der Waals surface area contributed by atoms with Gasteiger partial charge in [0.1, 0.15) is 0 Å². The van der Waals surface area contributed by atoms with Crippen molar-refractivity contribution in [2.75, 3.05) is 7.05 Å². The molecular weight excluding hydrogens is 621 g/mol. The van der Waals surface area contributed by atoms with Crippen LogP contribution in [0.5, 0.6) is 0 Å². The number of aliphatic carboxylic acids is 1. The van der Waals surface area contributed by atoms with Crippen molar-refractivity contribution in [2.45, 2.75) is 55.6 Å². The SMILES string of the molecule is C#CC#CC#CC.CC#CC#CC#CNC.N.O=C(O)C(F)(F)C(F)(F)C(F)(F)C(F)(F)C(F)(F)C(F)(F)C(F)(F)F.[2HH].[HH].[HH].[HH].[HH].[HH].[HH].[HH].[HH].[HH]. The number of rotatable bonds is 6. The zero-order valence-corrected chi connectivity index (χ0v) is 20.8. The van der Waals surface area contributed by atoms with Crippen molar-refractivity contribution in [1.82, 2.24) is 11.5 Å². The Morgan fingerprint density at radius 2 is 0.976 bits per heavy atom. The topological polar surface area (TPSA) is 84.3 Å². The Morgan fingerprint density at radius 3 is 1.29 bits per heavy atom. The van der Waals surface area contributed by atoms with Crippen LogP contribution < -0.4 is 11.5 Å². The van der Waals surface area contributed by atoms with Crippen LogP contribution in [-0.4, -0.2) is 59.8 Å². The van der Waals surface area contributed by atoms with Gasteiger partial charge in [-0.15, -0.1) is 6.42 Å². The molecule has 0 fully saturated rings. The van der Waals surface area contributed by atoms with Gasteiger partial charge in [-0.1, -0.05) is 11.8 Å². The zero-order chi connectivity index (χ0) is 33.6. The largest absolute Gasteiger partial charge is 0.477 e. The minimum atomic E-state index is -8.47. The summed E-state index contributed by atoms with van der Waals surface area (Å²) in [7, 11) is 1.74. The smallest absolute Gasteiger partial charge is 0.460 e. The first kappa shape index (κ1) is 44.6. The van der Waals surface area contributed by atoms with E-state index < -0.39 is 47.7 Å². The van der Waals surface area contributed by atoms with E-state index in [1.54, 1.807) is 20.9 Å². The molecule has 0 saturated carbocycles. The van der Waals surface area contributed by atoms with E-state index in [4.69, 9.17) is 11.5 Å². The molecule has 5 N–H and O–H groups in total. The zero-order valence-electron chi connectivity index (χ0n) is 20.8. The van der Waals surface area contributed by atoms with Gasteiger partial charge in [0.2, 0.25) is 0 Å². The molecule has 0 aromatic carbocycles. The van der Waals surface area contributed by atoms with E-state index in [0.29, 0.717) is 0 Å². The molecule has 0 aliphatic heterocycles. The summed E-state index contributed by atoms with van der Waals surface area (Å²) in [6, 6.07) is 2.57. The highest BCUT2D eigenvalue weighted by molar-refractivity contribution is 5.77. The molecule has 42 heavy (non-hydrogen) atoms. The molecule has 0 saturated heterocycles. The summed E-state index contributed by atoms with van der Waals surface area (Å²) in [5.74, 6) is -28.0. The molecule has 0 rings (SSSR count). The number of carboxylic acid groups (broad SMARTS) is 1.